The molecule has 0 aromatic rings. The number of aliphatic hydroxyl groups is 2. The summed E-state index contributed by atoms with van der Waals surface area (Å²) in [5.41, 5.74) is -2.18. The van der Waals surface area contributed by atoms with Crippen LogP contribution in [0.4, 0.5) is 9.59 Å². The smallest absolute Gasteiger partial charge is 0.318 e. The molecule has 0 spiro atoms. The maximum Gasteiger partial charge on any atom is 0.318 e. The van der Waals surface area contributed by atoms with Gasteiger partial charge in [0.25, 0.3) is 11.8 Å². The lowest BCUT2D eigenvalue weighted by atomic mass is 9.80. The number of hydrogen-bond donors (Lipinski definition) is 8. The Morgan fingerprint density at radius 1 is 0.643 bits per heavy atom. The van der Waals surface area contributed by atoms with Crippen molar-refractivity contribution in [3.63, 3.8) is 0 Å². The molecular weight excluding hydrogens is 905 g/mol. The molecule has 0 bridgehead atoms. The van der Waals surface area contributed by atoms with Crippen LogP contribution >= 0.6 is 0 Å². The van der Waals surface area contributed by atoms with Gasteiger partial charge in [0.15, 0.2) is 11.9 Å². The van der Waals surface area contributed by atoms with Crippen molar-refractivity contribution >= 4 is 47.3 Å². The van der Waals surface area contributed by atoms with Gasteiger partial charge in [0.05, 0.1) is 56.7 Å². The summed E-state index contributed by atoms with van der Waals surface area (Å²) in [5, 5.41) is 38.2. The number of urea groups is 2. The van der Waals surface area contributed by atoms with Gasteiger partial charge < -0.3 is 61.4 Å². The quantitative estimate of drug-likeness (QED) is 0.0922. The highest BCUT2D eigenvalue weighted by Gasteiger charge is 2.46. The lowest BCUT2D eigenvalue weighted by Gasteiger charge is -2.40. The minimum absolute atomic E-state index is 0.0569. The SMILES string of the molecule is CCCC[C@H](NC(=O)C1(NC(=O)N2CCOCC2)CCCCC1)C(=O)C(=O)N[C@H]1CCCCC1=O.CCCC[C@H](NC(=O)C1(NC(=O)N2CCOCC2)CCCCC1)[C@H](O)C(=O)N[C@H]1CCCC[C@@H]1O. The molecule has 6 rings (SSSR count). The summed E-state index contributed by atoms with van der Waals surface area (Å²) >= 11 is 0. The molecule has 0 radical (unpaired) electrons. The maximum absolute atomic E-state index is 13.6. The van der Waals surface area contributed by atoms with Gasteiger partial charge in [-0.05, 0) is 64.2 Å². The summed E-state index contributed by atoms with van der Waals surface area (Å²) in [6.45, 7) is 7.72. The van der Waals surface area contributed by atoms with E-state index in [-0.39, 0.29) is 29.8 Å². The summed E-state index contributed by atoms with van der Waals surface area (Å²) in [6, 6.07) is -3.39. The van der Waals surface area contributed by atoms with Crippen molar-refractivity contribution in [2.24, 2.45) is 0 Å². The van der Waals surface area contributed by atoms with Crippen LogP contribution in [0.2, 0.25) is 0 Å². The van der Waals surface area contributed by atoms with Crippen molar-refractivity contribution in [3.05, 3.63) is 0 Å². The number of nitrogens with zero attached hydrogens (tertiary/aromatic N) is 2. The number of hydrogen-bond acceptors (Lipinski definition) is 12. The lowest BCUT2D eigenvalue weighted by Crippen LogP contribution is -2.65. The van der Waals surface area contributed by atoms with E-state index in [1.807, 2.05) is 13.8 Å². The molecule has 20 nitrogen and oxygen atoms in total. The first kappa shape index (κ1) is 56.5. The highest BCUT2D eigenvalue weighted by atomic mass is 16.5. The highest BCUT2D eigenvalue weighted by molar-refractivity contribution is 6.38. The van der Waals surface area contributed by atoms with Gasteiger partial charge in [0, 0.05) is 32.6 Å². The Labute approximate surface area is 414 Å². The number of Topliss-reactive ketones (excluding diaryl/α,β-unsaturated/α-hetero) is 2. The van der Waals surface area contributed by atoms with Gasteiger partial charge >= 0.3 is 12.1 Å². The Morgan fingerprint density at radius 2 is 1.14 bits per heavy atom. The zero-order chi connectivity index (χ0) is 50.5. The Morgan fingerprint density at radius 3 is 1.66 bits per heavy atom. The summed E-state index contributed by atoms with van der Waals surface area (Å²) in [7, 11) is 0. The van der Waals surface area contributed by atoms with E-state index < -0.39 is 64.9 Å². The molecule has 70 heavy (non-hydrogen) atoms. The first-order valence-corrected chi connectivity index (χ1v) is 26.7. The predicted molar refractivity (Wildman–Crippen MR) is 259 cm³/mol. The molecule has 8 N–H and O–H groups in total. The van der Waals surface area contributed by atoms with Gasteiger partial charge in [-0.1, -0.05) is 97.3 Å². The number of ether oxygens (including phenoxy) is 2. The van der Waals surface area contributed by atoms with Gasteiger partial charge in [-0.2, -0.15) is 0 Å². The number of carbonyl (C=O) groups is 8. The van der Waals surface area contributed by atoms with Crippen molar-refractivity contribution in [3.8, 4) is 0 Å². The molecular formula is C50H84N8O12. The number of morpholine rings is 2. The summed E-state index contributed by atoms with van der Waals surface area (Å²) in [5.74, 6) is -2.97. The fraction of sp³-hybridized carbons (Fsp3) is 0.840. The van der Waals surface area contributed by atoms with Gasteiger partial charge in [-0.25, -0.2) is 9.59 Å². The largest absolute Gasteiger partial charge is 0.391 e. The number of amides is 8. The third kappa shape index (κ3) is 16.3. The van der Waals surface area contributed by atoms with Crippen LogP contribution < -0.4 is 31.9 Å². The van der Waals surface area contributed by atoms with Gasteiger partial charge in [0.2, 0.25) is 17.6 Å². The van der Waals surface area contributed by atoms with E-state index in [1.165, 1.54) is 0 Å². The third-order valence-electron chi connectivity index (χ3n) is 15.0. The monoisotopic (exact) mass is 989 g/mol. The Balaban J connectivity index is 0.000000261. The van der Waals surface area contributed by atoms with E-state index >= 15 is 0 Å². The standard InChI is InChI=1S/C25H44N4O6.C25H40N4O6/c2*1-2-3-9-19(21(31)22(32)26-18-10-5-6-11-20(18)30)27-23(33)25(12-7-4-8-13-25)28-24(34)29-14-16-35-17-15-29/h18-21,30-31H,2-17H2,1H3,(H,26,32)(H,27,33)(H,28,34);18-19H,2-17H2,1H3,(H,26,32)(H,27,33)(H,28,34)/t18-,19-,20-,21-;18-,19-/m00/s1. The maximum atomic E-state index is 13.6. The van der Waals surface area contributed by atoms with Crippen LogP contribution in [0, 0.1) is 0 Å². The predicted octanol–water partition coefficient (Wildman–Crippen LogP) is 2.79. The lowest BCUT2D eigenvalue weighted by molar-refractivity contribution is -0.142. The zero-order valence-corrected chi connectivity index (χ0v) is 42.0. The first-order valence-electron chi connectivity index (χ1n) is 26.7. The molecule has 4 aliphatic carbocycles. The van der Waals surface area contributed by atoms with E-state index in [2.05, 4.69) is 31.9 Å². The van der Waals surface area contributed by atoms with E-state index in [1.54, 1.807) is 9.80 Å². The van der Waals surface area contributed by atoms with Crippen LogP contribution in [-0.4, -0.2) is 167 Å². The average Bonchev–Trinajstić information content (AvgIpc) is 3.38. The van der Waals surface area contributed by atoms with E-state index in [9.17, 15) is 48.6 Å². The Bertz CT molecular complexity index is 1740. The number of carbonyl (C=O) groups excluding carboxylic acids is 8. The third-order valence-corrected chi connectivity index (χ3v) is 15.0. The van der Waals surface area contributed by atoms with Crippen molar-refractivity contribution < 1.29 is 58.0 Å². The number of rotatable bonds is 18. The summed E-state index contributed by atoms with van der Waals surface area (Å²) in [4.78, 5) is 107. The van der Waals surface area contributed by atoms with Crippen molar-refractivity contribution in [2.75, 3.05) is 52.6 Å². The number of aliphatic hydroxyl groups excluding tert-OH is 2. The van der Waals surface area contributed by atoms with Crippen LogP contribution in [0.15, 0.2) is 0 Å². The number of unbranched alkanes of at least 4 members (excludes halogenated alkanes) is 2. The second kappa shape index (κ2) is 28.6. The first-order chi connectivity index (χ1) is 33.7. The topological polar surface area (TPSA) is 274 Å². The van der Waals surface area contributed by atoms with E-state index in [0.29, 0.717) is 123 Å². The van der Waals surface area contributed by atoms with Gasteiger partial charge in [-0.3, -0.25) is 28.8 Å². The molecule has 0 aromatic heterocycles. The molecule has 0 unspecified atom stereocenters. The molecule has 6 atom stereocenters. The van der Waals surface area contributed by atoms with E-state index in [0.717, 1.165) is 83.5 Å². The fourth-order valence-electron chi connectivity index (χ4n) is 10.5. The number of nitrogens with one attached hydrogen (secondary N) is 6. The second-order valence-electron chi connectivity index (χ2n) is 20.2. The van der Waals surface area contributed by atoms with E-state index in [4.69, 9.17) is 9.47 Å². The molecule has 20 heteroatoms. The molecule has 2 aliphatic heterocycles. The second-order valence-corrected chi connectivity index (χ2v) is 20.2. The Kier molecular flexibility index (Phi) is 23.1. The van der Waals surface area contributed by atoms with Crippen molar-refractivity contribution in [2.45, 2.75) is 215 Å². The van der Waals surface area contributed by atoms with Crippen LogP contribution in [0.25, 0.3) is 0 Å². The molecule has 0 aromatic carbocycles. The zero-order valence-electron chi connectivity index (χ0n) is 42.0. The normalized spacial score (nSPS) is 24.7. The molecule has 6 aliphatic rings. The molecule has 2 saturated heterocycles. The van der Waals surface area contributed by atoms with Gasteiger partial charge in [0.1, 0.15) is 11.1 Å². The molecule has 8 amide bonds. The minimum atomic E-state index is -1.43. The minimum Gasteiger partial charge on any atom is -0.391 e. The van der Waals surface area contributed by atoms with Gasteiger partial charge in [-0.15, -0.1) is 0 Å². The molecule has 6 fully saturated rings. The highest BCUT2D eigenvalue weighted by Crippen LogP contribution is 2.31. The fourth-order valence-corrected chi connectivity index (χ4v) is 10.5. The summed E-state index contributed by atoms with van der Waals surface area (Å²) < 4.78 is 10.6. The van der Waals surface area contributed by atoms with Crippen LogP contribution in [0.5, 0.6) is 0 Å². The van der Waals surface area contributed by atoms with Crippen LogP contribution in [0.3, 0.4) is 0 Å². The van der Waals surface area contributed by atoms with Crippen LogP contribution in [0.1, 0.15) is 168 Å². The average molecular weight is 989 g/mol. The molecule has 396 valence electrons. The molecule has 2 heterocycles. The summed E-state index contributed by atoms with van der Waals surface area (Å²) in [6.07, 6.45) is 14.6. The van der Waals surface area contributed by atoms with Crippen LogP contribution in [-0.2, 0) is 38.2 Å². The van der Waals surface area contributed by atoms with Crippen molar-refractivity contribution in [1.29, 1.82) is 0 Å². The van der Waals surface area contributed by atoms with Crippen molar-refractivity contribution in [1.82, 2.24) is 41.7 Å². The number of ketones is 2. The molecule has 4 saturated carbocycles. The Hall–Kier alpha value is -4.40.